The third-order valence-electron chi connectivity index (χ3n) is 4.45. The minimum Gasteiger partial charge on any atom is -0.293 e. The molecule has 1 aromatic carbocycles. The summed E-state index contributed by atoms with van der Waals surface area (Å²) in [5.41, 5.74) is 2.05. The summed E-state index contributed by atoms with van der Waals surface area (Å²) in [4.78, 5) is 17.4. The van der Waals surface area contributed by atoms with Gasteiger partial charge < -0.3 is 0 Å². The highest BCUT2D eigenvalue weighted by atomic mass is 16.6. The Bertz CT molecular complexity index is 716. The van der Waals surface area contributed by atoms with Crippen molar-refractivity contribution >= 4 is 11.8 Å². The van der Waals surface area contributed by atoms with Crippen LogP contribution in [0.5, 0.6) is 0 Å². The van der Waals surface area contributed by atoms with Gasteiger partial charge in [-0.3, -0.25) is 20.0 Å². The molecule has 0 N–H and O–H groups in total. The molecule has 0 bridgehead atoms. The lowest BCUT2D eigenvalue weighted by molar-refractivity contribution is -0.385. The largest absolute Gasteiger partial charge is 0.293 e. The standard InChI is InChI=1S/C19H21N3O2/c23-22(24)19-11-2-1-7-16(19)9-6-14-21-13-4-3-10-18(21)17-8-5-12-20-15-17/h1-2,5-9,11-12,15,18H,3-4,10,13-14H2/b9-6+/t18-/m0/s1. The van der Waals surface area contributed by atoms with Crippen LogP contribution in [0.3, 0.4) is 0 Å². The Labute approximate surface area is 141 Å². The van der Waals surface area contributed by atoms with Gasteiger partial charge in [0.1, 0.15) is 0 Å². The smallest absolute Gasteiger partial charge is 0.276 e. The number of benzene rings is 1. The number of piperidine rings is 1. The third kappa shape index (κ3) is 3.86. The molecule has 124 valence electrons. The Kier molecular flexibility index (Phi) is 5.33. The summed E-state index contributed by atoms with van der Waals surface area (Å²) in [6, 6.07) is 11.3. The molecule has 0 amide bonds. The molecule has 0 aliphatic carbocycles. The fraction of sp³-hybridized carbons (Fsp3) is 0.316. The van der Waals surface area contributed by atoms with Crippen LogP contribution in [0, 0.1) is 10.1 Å². The van der Waals surface area contributed by atoms with Gasteiger partial charge in [-0.2, -0.15) is 0 Å². The average Bonchev–Trinajstić information content (AvgIpc) is 2.63. The first kappa shape index (κ1) is 16.3. The average molecular weight is 323 g/mol. The zero-order valence-electron chi connectivity index (χ0n) is 13.5. The Morgan fingerprint density at radius 3 is 2.92 bits per heavy atom. The van der Waals surface area contributed by atoms with Crippen LogP contribution >= 0.6 is 0 Å². The highest BCUT2D eigenvalue weighted by Crippen LogP contribution is 2.30. The summed E-state index contributed by atoms with van der Waals surface area (Å²) < 4.78 is 0. The van der Waals surface area contributed by atoms with Crippen molar-refractivity contribution < 1.29 is 4.92 Å². The number of hydrogen-bond acceptors (Lipinski definition) is 4. The zero-order chi connectivity index (χ0) is 16.8. The number of aromatic nitrogens is 1. The summed E-state index contributed by atoms with van der Waals surface area (Å²) in [6.45, 7) is 1.83. The molecule has 1 saturated heterocycles. The fourth-order valence-electron chi connectivity index (χ4n) is 3.27. The van der Waals surface area contributed by atoms with Crippen LogP contribution in [0.2, 0.25) is 0 Å². The number of para-hydroxylation sites is 1. The van der Waals surface area contributed by atoms with Crippen molar-refractivity contribution in [3.05, 3.63) is 76.1 Å². The number of hydrogen-bond donors (Lipinski definition) is 0. The van der Waals surface area contributed by atoms with Crippen molar-refractivity contribution in [2.75, 3.05) is 13.1 Å². The molecule has 1 atom stereocenters. The first-order chi connectivity index (χ1) is 11.8. The van der Waals surface area contributed by atoms with E-state index in [1.807, 2.05) is 30.5 Å². The lowest BCUT2D eigenvalue weighted by atomic mass is 9.96. The van der Waals surface area contributed by atoms with E-state index in [1.165, 1.54) is 18.4 Å². The van der Waals surface area contributed by atoms with Gasteiger partial charge in [-0.05, 0) is 37.1 Å². The quantitative estimate of drug-likeness (QED) is 0.610. The van der Waals surface area contributed by atoms with Gasteiger partial charge in [0.05, 0.1) is 10.5 Å². The van der Waals surface area contributed by atoms with Crippen LogP contribution in [0.4, 0.5) is 5.69 Å². The molecule has 1 aliphatic heterocycles. The molecule has 0 saturated carbocycles. The number of rotatable bonds is 5. The maximum atomic E-state index is 11.1. The van der Waals surface area contributed by atoms with Crippen molar-refractivity contribution in [3.63, 3.8) is 0 Å². The van der Waals surface area contributed by atoms with Gasteiger partial charge in [-0.15, -0.1) is 0 Å². The second-order valence-corrected chi connectivity index (χ2v) is 6.01. The molecule has 1 fully saturated rings. The Balaban J connectivity index is 1.72. The molecule has 0 unspecified atom stereocenters. The molecular formula is C19H21N3O2. The van der Waals surface area contributed by atoms with Crippen molar-refractivity contribution in [2.45, 2.75) is 25.3 Å². The second-order valence-electron chi connectivity index (χ2n) is 6.01. The fourth-order valence-corrected chi connectivity index (χ4v) is 3.27. The van der Waals surface area contributed by atoms with E-state index in [0.29, 0.717) is 11.6 Å². The van der Waals surface area contributed by atoms with E-state index in [-0.39, 0.29) is 10.6 Å². The number of nitrogens with zero attached hydrogens (tertiary/aromatic N) is 3. The highest BCUT2D eigenvalue weighted by molar-refractivity contribution is 5.60. The molecule has 5 heteroatoms. The molecular weight excluding hydrogens is 302 g/mol. The maximum Gasteiger partial charge on any atom is 0.276 e. The lowest BCUT2D eigenvalue weighted by Crippen LogP contribution is -2.33. The van der Waals surface area contributed by atoms with Crippen molar-refractivity contribution in [3.8, 4) is 0 Å². The van der Waals surface area contributed by atoms with Gasteiger partial charge in [-0.1, -0.05) is 36.8 Å². The Morgan fingerprint density at radius 2 is 2.12 bits per heavy atom. The van der Waals surface area contributed by atoms with E-state index in [9.17, 15) is 10.1 Å². The van der Waals surface area contributed by atoms with Gasteiger partial charge in [0, 0.05) is 31.0 Å². The van der Waals surface area contributed by atoms with Crippen LogP contribution in [0.15, 0.2) is 54.9 Å². The van der Waals surface area contributed by atoms with E-state index in [1.54, 1.807) is 24.4 Å². The molecule has 24 heavy (non-hydrogen) atoms. The first-order valence-electron chi connectivity index (χ1n) is 8.29. The molecule has 0 radical (unpaired) electrons. The SMILES string of the molecule is O=[N+]([O-])c1ccccc1/C=C/CN1CCCC[C@H]1c1cccnc1. The van der Waals surface area contributed by atoms with Gasteiger partial charge in [-0.25, -0.2) is 0 Å². The van der Waals surface area contributed by atoms with E-state index in [2.05, 4.69) is 16.0 Å². The predicted molar refractivity (Wildman–Crippen MR) is 94.5 cm³/mol. The number of nitro groups is 1. The van der Waals surface area contributed by atoms with Crippen molar-refractivity contribution in [2.24, 2.45) is 0 Å². The summed E-state index contributed by atoms with van der Waals surface area (Å²) in [6.07, 6.45) is 11.2. The van der Waals surface area contributed by atoms with Gasteiger partial charge in [0.15, 0.2) is 0 Å². The van der Waals surface area contributed by atoms with Crippen molar-refractivity contribution in [1.29, 1.82) is 0 Å². The van der Waals surface area contributed by atoms with Gasteiger partial charge >= 0.3 is 0 Å². The van der Waals surface area contributed by atoms with Gasteiger partial charge in [0.2, 0.25) is 0 Å². The molecule has 1 aliphatic rings. The molecule has 5 nitrogen and oxygen atoms in total. The minimum atomic E-state index is -0.334. The number of pyridine rings is 1. The molecule has 2 heterocycles. The topological polar surface area (TPSA) is 59.3 Å². The van der Waals surface area contributed by atoms with Gasteiger partial charge in [0.25, 0.3) is 5.69 Å². The summed E-state index contributed by atoms with van der Waals surface area (Å²) in [5, 5.41) is 11.1. The molecule has 1 aromatic heterocycles. The maximum absolute atomic E-state index is 11.1. The third-order valence-corrected chi connectivity index (χ3v) is 4.45. The molecule has 3 rings (SSSR count). The lowest BCUT2D eigenvalue weighted by Gasteiger charge is -2.35. The van der Waals surface area contributed by atoms with Crippen molar-refractivity contribution in [1.82, 2.24) is 9.88 Å². The van der Waals surface area contributed by atoms with Crippen LogP contribution in [0.25, 0.3) is 6.08 Å². The Morgan fingerprint density at radius 1 is 1.25 bits per heavy atom. The monoisotopic (exact) mass is 323 g/mol. The Hall–Kier alpha value is -2.53. The van der Waals surface area contributed by atoms with E-state index >= 15 is 0 Å². The van der Waals surface area contributed by atoms with Crippen LogP contribution in [-0.2, 0) is 0 Å². The van der Waals surface area contributed by atoms with Crippen LogP contribution < -0.4 is 0 Å². The van der Waals surface area contributed by atoms with E-state index in [4.69, 9.17) is 0 Å². The summed E-state index contributed by atoms with van der Waals surface area (Å²) >= 11 is 0. The molecule has 0 spiro atoms. The highest BCUT2D eigenvalue weighted by Gasteiger charge is 2.22. The minimum absolute atomic E-state index is 0.149. The number of likely N-dealkylation sites (tertiary alicyclic amines) is 1. The van der Waals surface area contributed by atoms with E-state index in [0.717, 1.165) is 19.5 Å². The van der Waals surface area contributed by atoms with E-state index < -0.39 is 0 Å². The molecule has 2 aromatic rings. The predicted octanol–water partition coefficient (Wildman–Crippen LogP) is 4.23. The zero-order valence-corrected chi connectivity index (χ0v) is 13.5. The number of nitro benzene ring substituents is 1. The van der Waals surface area contributed by atoms with Crippen LogP contribution in [-0.4, -0.2) is 27.9 Å². The van der Waals surface area contributed by atoms with Crippen LogP contribution in [0.1, 0.15) is 36.4 Å². The second kappa shape index (κ2) is 7.84. The summed E-state index contributed by atoms with van der Waals surface area (Å²) in [5.74, 6) is 0. The normalized spacial score (nSPS) is 18.8. The first-order valence-corrected chi connectivity index (χ1v) is 8.29. The summed E-state index contributed by atoms with van der Waals surface area (Å²) in [7, 11) is 0.